The van der Waals surface area contributed by atoms with E-state index in [9.17, 15) is 0 Å². The maximum atomic E-state index is 4.66. The molecule has 0 spiro atoms. The summed E-state index contributed by atoms with van der Waals surface area (Å²) in [6.45, 7) is 0. The summed E-state index contributed by atoms with van der Waals surface area (Å²) in [5.74, 6) is 1.30. The maximum absolute atomic E-state index is 4.66. The van der Waals surface area contributed by atoms with E-state index in [0.29, 0.717) is 5.92 Å². The van der Waals surface area contributed by atoms with E-state index >= 15 is 0 Å². The largest absolute Gasteiger partial charge is 0.233 e. The number of dihydropyridines is 1. The number of hydrogen-bond donors (Lipinski definition) is 0. The van der Waals surface area contributed by atoms with Gasteiger partial charge in [0.25, 0.3) is 0 Å². The Morgan fingerprint density at radius 3 is 3.00 bits per heavy atom. The van der Waals surface area contributed by atoms with E-state index in [-0.39, 0.29) is 0 Å². The number of fused-ring (bicyclic) bond motifs is 2. The van der Waals surface area contributed by atoms with Crippen LogP contribution in [0, 0.1) is 5.92 Å². The van der Waals surface area contributed by atoms with Crippen LogP contribution in [0.25, 0.3) is 0 Å². The first kappa shape index (κ1) is 9.97. The van der Waals surface area contributed by atoms with Gasteiger partial charge in [0.1, 0.15) is 10.5 Å². The van der Waals surface area contributed by atoms with Gasteiger partial charge in [-0.25, -0.2) is 9.98 Å². The molecule has 0 radical (unpaired) electrons. The van der Waals surface area contributed by atoms with Gasteiger partial charge in [0.15, 0.2) is 0 Å². The number of nitrogens with zero attached hydrogens (tertiary/aromatic N) is 2. The van der Waals surface area contributed by atoms with Gasteiger partial charge in [-0.3, -0.25) is 0 Å². The van der Waals surface area contributed by atoms with Gasteiger partial charge in [-0.15, -0.1) is 0 Å². The Morgan fingerprint density at radius 1 is 1.19 bits per heavy atom. The van der Waals surface area contributed by atoms with Crippen molar-refractivity contribution < 1.29 is 0 Å². The van der Waals surface area contributed by atoms with Crippen LogP contribution in [0.2, 0.25) is 0 Å². The van der Waals surface area contributed by atoms with Crippen molar-refractivity contribution in [2.75, 3.05) is 0 Å². The predicted octanol–water partition coefficient (Wildman–Crippen LogP) is 3.64. The first-order chi connectivity index (χ1) is 7.83. The van der Waals surface area contributed by atoms with Gasteiger partial charge in [0, 0.05) is 5.92 Å². The van der Waals surface area contributed by atoms with Crippen LogP contribution in [-0.2, 0) is 6.42 Å². The molecule has 1 unspecified atom stereocenters. The van der Waals surface area contributed by atoms with Crippen molar-refractivity contribution in [3.05, 3.63) is 42.0 Å². The molecule has 2 heterocycles. The lowest BCUT2D eigenvalue weighted by Crippen LogP contribution is -2.14. The molecule has 3 heteroatoms. The highest BCUT2D eigenvalue weighted by Gasteiger charge is 2.20. The van der Waals surface area contributed by atoms with Crippen LogP contribution >= 0.6 is 15.9 Å². The summed E-state index contributed by atoms with van der Waals surface area (Å²) in [5.41, 5.74) is 2.39. The Labute approximate surface area is 103 Å². The molecule has 0 saturated heterocycles. The smallest absolute Gasteiger partial charge is 0.137 e. The molecule has 2 nitrogen and oxygen atoms in total. The Hall–Kier alpha value is -1.22. The average Bonchev–Trinajstić information content (AvgIpc) is 2.47. The minimum absolute atomic E-state index is 0.369. The molecule has 0 fully saturated rings. The van der Waals surface area contributed by atoms with E-state index in [1.807, 2.05) is 12.1 Å². The molecule has 0 N–H and O–H groups in total. The molecule has 0 aliphatic carbocycles. The highest BCUT2D eigenvalue weighted by molar-refractivity contribution is 9.18. The zero-order valence-corrected chi connectivity index (χ0v) is 10.3. The number of aliphatic imine (C=N–C) groups is 2. The van der Waals surface area contributed by atoms with E-state index in [2.05, 4.69) is 50.2 Å². The zero-order chi connectivity index (χ0) is 11.0. The molecular weight excluding hydrogens is 264 g/mol. The van der Waals surface area contributed by atoms with Crippen LogP contribution < -0.4 is 0 Å². The summed E-state index contributed by atoms with van der Waals surface area (Å²) in [4.78, 5) is 9.12. The highest BCUT2D eigenvalue weighted by atomic mass is 79.9. The van der Waals surface area contributed by atoms with E-state index in [4.69, 9.17) is 0 Å². The second-order valence-corrected chi connectivity index (χ2v) is 4.85. The van der Waals surface area contributed by atoms with Crippen LogP contribution in [0.1, 0.15) is 12.0 Å². The molecular formula is C13H11BrN2. The van der Waals surface area contributed by atoms with Gasteiger partial charge in [-0.05, 0) is 46.5 Å². The summed E-state index contributed by atoms with van der Waals surface area (Å²) >= 11 is 3.40. The van der Waals surface area contributed by atoms with Crippen molar-refractivity contribution in [2.45, 2.75) is 12.8 Å². The maximum Gasteiger partial charge on any atom is 0.137 e. The van der Waals surface area contributed by atoms with Crippen molar-refractivity contribution >= 4 is 32.1 Å². The van der Waals surface area contributed by atoms with Crippen LogP contribution in [0.3, 0.4) is 0 Å². The van der Waals surface area contributed by atoms with Gasteiger partial charge < -0.3 is 0 Å². The van der Waals surface area contributed by atoms with Crippen LogP contribution in [0.4, 0.5) is 5.69 Å². The van der Waals surface area contributed by atoms with E-state index in [1.165, 1.54) is 5.56 Å². The molecule has 1 aromatic rings. The molecule has 1 aromatic carbocycles. The molecule has 2 aliphatic rings. The van der Waals surface area contributed by atoms with E-state index in [1.54, 1.807) is 0 Å². The van der Waals surface area contributed by atoms with Gasteiger partial charge in [-0.2, -0.15) is 0 Å². The normalized spacial score (nSPS) is 22.7. The van der Waals surface area contributed by atoms with E-state index in [0.717, 1.165) is 29.0 Å². The Morgan fingerprint density at radius 2 is 2.06 bits per heavy atom. The minimum atomic E-state index is 0.369. The first-order valence-corrected chi connectivity index (χ1v) is 6.21. The summed E-state index contributed by atoms with van der Waals surface area (Å²) in [6.07, 6.45) is 6.36. The highest BCUT2D eigenvalue weighted by Crippen LogP contribution is 2.29. The van der Waals surface area contributed by atoms with Crippen molar-refractivity contribution in [2.24, 2.45) is 15.9 Å². The van der Waals surface area contributed by atoms with Crippen molar-refractivity contribution in [3.63, 3.8) is 0 Å². The molecule has 0 bridgehead atoms. The number of amidine groups is 1. The first-order valence-electron chi connectivity index (χ1n) is 5.42. The summed E-state index contributed by atoms with van der Waals surface area (Å²) in [7, 11) is 0. The fourth-order valence-corrected chi connectivity index (χ4v) is 2.44. The quantitative estimate of drug-likeness (QED) is 0.690. The Bertz CT molecular complexity index is 514. The van der Waals surface area contributed by atoms with Gasteiger partial charge >= 0.3 is 0 Å². The van der Waals surface area contributed by atoms with Crippen molar-refractivity contribution in [1.29, 1.82) is 0 Å². The number of hydrogen-bond acceptors (Lipinski definition) is 2. The van der Waals surface area contributed by atoms with Crippen LogP contribution in [0.5, 0.6) is 0 Å². The van der Waals surface area contributed by atoms with Gasteiger partial charge in [-0.1, -0.05) is 24.3 Å². The topological polar surface area (TPSA) is 24.7 Å². The van der Waals surface area contributed by atoms with Crippen molar-refractivity contribution in [3.8, 4) is 0 Å². The lowest BCUT2D eigenvalue weighted by Gasteiger charge is -2.12. The molecule has 0 aromatic heterocycles. The number of benzene rings is 1. The second-order valence-electron chi connectivity index (χ2n) is 4.04. The molecule has 0 amide bonds. The minimum Gasteiger partial charge on any atom is -0.233 e. The van der Waals surface area contributed by atoms with Crippen LogP contribution in [0.15, 0.2) is 46.4 Å². The third-order valence-corrected chi connectivity index (χ3v) is 3.41. The third-order valence-electron chi connectivity index (χ3n) is 2.97. The Kier molecular flexibility index (Phi) is 2.48. The van der Waals surface area contributed by atoms with Crippen LogP contribution in [-0.4, -0.2) is 10.5 Å². The summed E-state index contributed by atoms with van der Waals surface area (Å²) < 4.78 is 0.863. The fourth-order valence-electron chi connectivity index (χ4n) is 2.11. The number of halogens is 1. The molecule has 80 valence electrons. The predicted molar refractivity (Wildman–Crippen MR) is 70.9 cm³/mol. The standard InChI is InChI=1S/C13H11BrN2/c14-12-8-7-10-6-5-9-3-1-2-4-11(9)15-13(10)16-12/h1-4,7-8,10H,5-6H2. The van der Waals surface area contributed by atoms with Crippen molar-refractivity contribution in [1.82, 2.24) is 0 Å². The summed E-state index contributed by atoms with van der Waals surface area (Å²) in [5, 5.41) is 0. The Balaban J connectivity index is 2.09. The number of allylic oxidation sites excluding steroid dienone is 1. The van der Waals surface area contributed by atoms with Gasteiger partial charge in [0.05, 0.1) is 5.69 Å². The molecule has 16 heavy (non-hydrogen) atoms. The average molecular weight is 275 g/mol. The molecule has 3 rings (SSSR count). The lowest BCUT2D eigenvalue weighted by molar-refractivity contribution is 0.744. The number of rotatable bonds is 0. The van der Waals surface area contributed by atoms with E-state index < -0.39 is 0 Å². The molecule has 0 saturated carbocycles. The number of aryl methyl sites for hydroxylation is 1. The molecule has 2 aliphatic heterocycles. The second kappa shape index (κ2) is 3.98. The number of para-hydroxylation sites is 1. The SMILES string of the molecule is BrC1=NC2=Nc3ccccc3CCC2C=C1. The molecule has 1 atom stereocenters. The lowest BCUT2D eigenvalue weighted by atomic mass is 9.98. The summed E-state index contributed by atoms with van der Waals surface area (Å²) in [6, 6.07) is 8.31. The third kappa shape index (κ3) is 1.76. The monoisotopic (exact) mass is 274 g/mol. The zero-order valence-electron chi connectivity index (χ0n) is 8.73. The fraction of sp³-hybridized carbons (Fsp3) is 0.231. The van der Waals surface area contributed by atoms with Gasteiger partial charge in [0.2, 0.25) is 0 Å².